The molecule has 1 atom stereocenters. The molecule has 0 radical (unpaired) electrons. The zero-order chi connectivity index (χ0) is 19.1. The first-order valence-corrected chi connectivity index (χ1v) is 9.79. The molecule has 0 saturated carbocycles. The summed E-state index contributed by atoms with van der Waals surface area (Å²) in [5.74, 6) is 2.05. The van der Waals surface area contributed by atoms with Crippen molar-refractivity contribution in [2.75, 3.05) is 33.3 Å². The first-order chi connectivity index (χ1) is 13.2. The quantitative estimate of drug-likeness (QED) is 0.287. The van der Waals surface area contributed by atoms with Gasteiger partial charge in [-0.3, -0.25) is 4.99 Å². The maximum atomic E-state index is 6.03. The Kier molecular flexibility index (Phi) is 9.24. The molecule has 0 bridgehead atoms. The highest BCUT2D eigenvalue weighted by Gasteiger charge is 2.24. The highest BCUT2D eigenvalue weighted by molar-refractivity contribution is 14.0. The van der Waals surface area contributed by atoms with Gasteiger partial charge in [-0.15, -0.1) is 24.0 Å². The second kappa shape index (κ2) is 11.4. The van der Waals surface area contributed by atoms with Gasteiger partial charge in [-0.25, -0.2) is 4.98 Å². The van der Waals surface area contributed by atoms with Gasteiger partial charge in [-0.2, -0.15) is 0 Å². The lowest BCUT2D eigenvalue weighted by Gasteiger charge is -2.35. The van der Waals surface area contributed by atoms with Crippen LogP contribution in [-0.4, -0.2) is 53.7 Å². The molecular weight excluding hydrogens is 465 g/mol. The third-order valence-electron chi connectivity index (χ3n) is 5.15. The van der Waals surface area contributed by atoms with Crippen LogP contribution >= 0.6 is 24.0 Å². The minimum atomic E-state index is 0. The smallest absolute Gasteiger partial charge is 0.193 e. The highest BCUT2D eigenvalue weighted by atomic mass is 127. The largest absolute Gasteiger partial charge is 0.370 e. The summed E-state index contributed by atoms with van der Waals surface area (Å²) in [7, 11) is 1.86. The molecule has 1 unspecified atom stereocenters. The van der Waals surface area contributed by atoms with E-state index >= 15 is 0 Å². The number of morpholine rings is 1. The van der Waals surface area contributed by atoms with E-state index in [0.29, 0.717) is 0 Å². The molecule has 6 nitrogen and oxygen atoms in total. The second-order valence-electron chi connectivity index (χ2n) is 7.01. The maximum absolute atomic E-state index is 6.03. The predicted octanol–water partition coefficient (Wildman–Crippen LogP) is 3.55. The van der Waals surface area contributed by atoms with Gasteiger partial charge in [0.1, 0.15) is 11.9 Å². The molecule has 1 fully saturated rings. The van der Waals surface area contributed by atoms with E-state index in [-0.39, 0.29) is 30.1 Å². The van der Waals surface area contributed by atoms with Crippen molar-refractivity contribution < 1.29 is 4.74 Å². The number of halogens is 1. The number of rotatable bonds is 6. The summed E-state index contributed by atoms with van der Waals surface area (Å²) >= 11 is 0. The Morgan fingerprint density at radius 1 is 1.29 bits per heavy atom. The van der Waals surface area contributed by atoms with E-state index in [1.807, 2.05) is 26.4 Å². The van der Waals surface area contributed by atoms with Crippen LogP contribution in [0.1, 0.15) is 35.9 Å². The molecule has 7 heteroatoms. The number of imidazole rings is 1. The number of aryl methyl sites for hydroxylation is 3. The standard InChI is InChI=1S/C21H31N5O.HI/c1-17-8-4-5-9-19(17)20-16-26(14-15-27-20)21(22-3)24-10-6-7-12-25-13-11-23-18(25)2;/h4-5,8-9,11,13,20H,6-7,10,12,14-16H2,1-3H3,(H,22,24);1H. The topological polar surface area (TPSA) is 54.7 Å². The monoisotopic (exact) mass is 497 g/mol. The number of ether oxygens (including phenoxy) is 1. The Morgan fingerprint density at radius 2 is 2.11 bits per heavy atom. The fourth-order valence-electron chi connectivity index (χ4n) is 3.56. The average molecular weight is 497 g/mol. The van der Waals surface area contributed by atoms with Crippen LogP contribution in [0.4, 0.5) is 0 Å². The van der Waals surface area contributed by atoms with Crippen molar-refractivity contribution in [2.45, 2.75) is 39.3 Å². The van der Waals surface area contributed by atoms with Gasteiger partial charge in [0.05, 0.1) is 13.2 Å². The normalized spacial score (nSPS) is 17.3. The second-order valence-corrected chi connectivity index (χ2v) is 7.01. The van der Waals surface area contributed by atoms with Gasteiger partial charge < -0.3 is 19.5 Å². The molecule has 3 rings (SSSR count). The summed E-state index contributed by atoms with van der Waals surface area (Å²) in [6, 6.07) is 8.47. The molecule has 1 aliphatic rings. The minimum Gasteiger partial charge on any atom is -0.370 e. The number of unbranched alkanes of at least 4 members (excludes halogenated alkanes) is 1. The van der Waals surface area contributed by atoms with E-state index in [9.17, 15) is 0 Å². The molecule has 1 saturated heterocycles. The van der Waals surface area contributed by atoms with Crippen LogP contribution in [0.15, 0.2) is 41.7 Å². The molecule has 1 aliphatic heterocycles. The van der Waals surface area contributed by atoms with Crippen molar-refractivity contribution in [3.63, 3.8) is 0 Å². The van der Waals surface area contributed by atoms with Crippen LogP contribution < -0.4 is 5.32 Å². The zero-order valence-electron chi connectivity index (χ0n) is 17.1. The van der Waals surface area contributed by atoms with Gasteiger partial charge in [0.2, 0.25) is 0 Å². The molecule has 2 aromatic rings. The zero-order valence-corrected chi connectivity index (χ0v) is 19.4. The van der Waals surface area contributed by atoms with Gasteiger partial charge >= 0.3 is 0 Å². The van der Waals surface area contributed by atoms with Crippen LogP contribution in [0, 0.1) is 13.8 Å². The molecule has 1 aromatic heterocycles. The third-order valence-corrected chi connectivity index (χ3v) is 5.15. The van der Waals surface area contributed by atoms with E-state index in [4.69, 9.17) is 4.74 Å². The Hall–Kier alpha value is -1.61. The molecule has 154 valence electrons. The van der Waals surface area contributed by atoms with Crippen molar-refractivity contribution in [1.29, 1.82) is 0 Å². The molecule has 0 amide bonds. The van der Waals surface area contributed by atoms with Crippen LogP contribution in [0.2, 0.25) is 0 Å². The van der Waals surface area contributed by atoms with Gasteiger partial charge in [-0.05, 0) is 37.8 Å². The number of guanidine groups is 1. The summed E-state index contributed by atoms with van der Waals surface area (Å²) in [6.45, 7) is 8.55. The van der Waals surface area contributed by atoms with E-state index in [0.717, 1.165) is 57.4 Å². The summed E-state index contributed by atoms with van der Waals surface area (Å²) in [5, 5.41) is 3.52. The first-order valence-electron chi connectivity index (χ1n) is 9.79. The number of nitrogens with zero attached hydrogens (tertiary/aromatic N) is 4. The van der Waals surface area contributed by atoms with Crippen molar-refractivity contribution >= 4 is 29.9 Å². The van der Waals surface area contributed by atoms with E-state index in [1.54, 1.807) is 0 Å². The van der Waals surface area contributed by atoms with E-state index < -0.39 is 0 Å². The molecule has 2 heterocycles. The highest BCUT2D eigenvalue weighted by Crippen LogP contribution is 2.24. The van der Waals surface area contributed by atoms with Gasteiger partial charge in [0.25, 0.3) is 0 Å². The van der Waals surface area contributed by atoms with Gasteiger partial charge in [-0.1, -0.05) is 24.3 Å². The maximum Gasteiger partial charge on any atom is 0.193 e. The van der Waals surface area contributed by atoms with E-state index in [1.165, 1.54) is 11.1 Å². The lowest BCUT2D eigenvalue weighted by Crippen LogP contribution is -2.48. The molecule has 0 spiro atoms. The minimum absolute atomic E-state index is 0. The molecular formula is C21H32IN5O. The summed E-state index contributed by atoms with van der Waals surface area (Å²) in [4.78, 5) is 11.1. The average Bonchev–Trinajstić information content (AvgIpc) is 3.10. The third kappa shape index (κ3) is 5.94. The fraction of sp³-hybridized carbons (Fsp3) is 0.524. The van der Waals surface area contributed by atoms with Crippen LogP contribution in [0.3, 0.4) is 0 Å². The number of benzene rings is 1. The lowest BCUT2D eigenvalue weighted by molar-refractivity contribution is -0.00830. The Labute approximate surface area is 185 Å². The SMILES string of the molecule is CN=C(NCCCCn1ccnc1C)N1CCOC(c2ccccc2C)C1.I. The van der Waals surface area contributed by atoms with Crippen LogP contribution in [-0.2, 0) is 11.3 Å². The molecule has 1 N–H and O–H groups in total. The fourth-order valence-corrected chi connectivity index (χ4v) is 3.56. The molecule has 1 aromatic carbocycles. The first kappa shape index (κ1) is 22.7. The van der Waals surface area contributed by atoms with Crippen molar-refractivity contribution in [1.82, 2.24) is 19.8 Å². The molecule has 0 aliphatic carbocycles. The summed E-state index contributed by atoms with van der Waals surface area (Å²) in [6.07, 6.45) is 6.22. The van der Waals surface area contributed by atoms with Crippen molar-refractivity contribution in [3.05, 3.63) is 53.6 Å². The van der Waals surface area contributed by atoms with Gasteiger partial charge in [0.15, 0.2) is 5.96 Å². The van der Waals surface area contributed by atoms with Crippen LogP contribution in [0.5, 0.6) is 0 Å². The van der Waals surface area contributed by atoms with Gasteiger partial charge in [0, 0.05) is 39.1 Å². The number of aromatic nitrogens is 2. The van der Waals surface area contributed by atoms with E-state index in [2.05, 4.69) is 55.9 Å². The lowest BCUT2D eigenvalue weighted by atomic mass is 10.0. The Bertz CT molecular complexity index is 761. The summed E-state index contributed by atoms with van der Waals surface area (Å²) in [5.41, 5.74) is 2.55. The summed E-state index contributed by atoms with van der Waals surface area (Å²) < 4.78 is 8.23. The number of hydrogen-bond donors (Lipinski definition) is 1. The van der Waals surface area contributed by atoms with Crippen LogP contribution in [0.25, 0.3) is 0 Å². The Morgan fingerprint density at radius 3 is 2.82 bits per heavy atom. The Balaban J connectivity index is 0.00000280. The van der Waals surface area contributed by atoms with Crippen molar-refractivity contribution in [2.24, 2.45) is 4.99 Å². The van der Waals surface area contributed by atoms with Crippen molar-refractivity contribution in [3.8, 4) is 0 Å². The molecule has 28 heavy (non-hydrogen) atoms. The number of nitrogens with one attached hydrogen (secondary N) is 1. The predicted molar refractivity (Wildman–Crippen MR) is 124 cm³/mol. The number of aliphatic imine (C=N–C) groups is 1. The number of hydrogen-bond acceptors (Lipinski definition) is 3.